The van der Waals surface area contributed by atoms with E-state index in [0.717, 1.165) is 12.1 Å². The number of halogens is 3. The van der Waals surface area contributed by atoms with Crippen molar-refractivity contribution >= 4 is 29.2 Å². The second-order valence-electron chi connectivity index (χ2n) is 4.99. The number of hydrogen-bond acceptors (Lipinski definition) is 4. The highest BCUT2D eigenvalue weighted by Crippen LogP contribution is 2.20. The molecule has 0 saturated heterocycles. The Balaban J connectivity index is 2.00. The van der Waals surface area contributed by atoms with Crippen LogP contribution in [0.5, 0.6) is 0 Å². The number of rotatable bonds is 4. The number of nitrogens with one attached hydrogen (secondary N) is 1. The number of hydrogen-bond donors (Lipinski definition) is 1. The molecule has 1 aromatic carbocycles. The van der Waals surface area contributed by atoms with Crippen molar-refractivity contribution in [1.29, 1.82) is 0 Å². The van der Waals surface area contributed by atoms with Gasteiger partial charge in [0.1, 0.15) is 16.8 Å². The molecule has 5 nitrogen and oxygen atoms in total. The second kappa shape index (κ2) is 7.35. The van der Waals surface area contributed by atoms with E-state index in [1.807, 2.05) is 0 Å². The number of esters is 1. The highest BCUT2D eigenvalue weighted by atomic mass is 35.5. The zero-order valence-corrected chi connectivity index (χ0v) is 13.6. The van der Waals surface area contributed by atoms with Crippen LogP contribution in [0.4, 0.5) is 14.5 Å². The van der Waals surface area contributed by atoms with Gasteiger partial charge in [-0.05, 0) is 37.6 Å². The predicted octanol–water partition coefficient (Wildman–Crippen LogP) is 3.43. The van der Waals surface area contributed by atoms with Crippen molar-refractivity contribution in [3.8, 4) is 0 Å². The number of carbonyl (C=O) groups excluding carboxylic acids is 2. The summed E-state index contributed by atoms with van der Waals surface area (Å²) in [6, 6.07) is 4.33. The van der Waals surface area contributed by atoms with Gasteiger partial charge in [-0.3, -0.25) is 4.79 Å². The first kappa shape index (κ1) is 17.8. The number of amides is 1. The van der Waals surface area contributed by atoms with Crippen molar-refractivity contribution in [2.45, 2.75) is 13.8 Å². The Labute approximate surface area is 141 Å². The Bertz CT molecular complexity index is 789. The summed E-state index contributed by atoms with van der Waals surface area (Å²) in [5, 5.41) is 2.15. The Morgan fingerprint density at radius 2 is 1.96 bits per heavy atom. The lowest BCUT2D eigenvalue weighted by Gasteiger charge is -2.10. The Morgan fingerprint density at radius 1 is 1.25 bits per heavy atom. The molecule has 8 heteroatoms. The molecule has 0 aliphatic heterocycles. The van der Waals surface area contributed by atoms with Crippen LogP contribution in [0.2, 0.25) is 5.15 Å². The minimum Gasteiger partial charge on any atom is -0.452 e. The summed E-state index contributed by atoms with van der Waals surface area (Å²) < 4.78 is 31.1. The zero-order chi connectivity index (χ0) is 17.9. The number of anilines is 1. The fraction of sp³-hybridized carbons (Fsp3) is 0.188. The van der Waals surface area contributed by atoms with Gasteiger partial charge in [0.25, 0.3) is 5.91 Å². The molecule has 1 N–H and O–H groups in total. The van der Waals surface area contributed by atoms with Gasteiger partial charge < -0.3 is 10.1 Å². The van der Waals surface area contributed by atoms with Crippen LogP contribution in [0.1, 0.15) is 21.6 Å². The van der Waals surface area contributed by atoms with E-state index in [1.165, 1.54) is 0 Å². The number of carbonyl (C=O) groups is 2. The monoisotopic (exact) mass is 354 g/mol. The number of aryl methyl sites for hydroxylation is 2. The summed E-state index contributed by atoms with van der Waals surface area (Å²) in [5.41, 5.74) is 1.03. The van der Waals surface area contributed by atoms with Crippen molar-refractivity contribution in [3.05, 3.63) is 57.9 Å². The van der Waals surface area contributed by atoms with Crippen LogP contribution in [-0.4, -0.2) is 23.5 Å². The van der Waals surface area contributed by atoms with E-state index in [0.29, 0.717) is 17.3 Å². The molecule has 0 saturated carbocycles. The quantitative estimate of drug-likeness (QED) is 0.674. The number of nitrogens with zero attached hydrogens (tertiary/aromatic N) is 1. The summed E-state index contributed by atoms with van der Waals surface area (Å²) >= 11 is 5.91. The molecule has 0 unspecified atom stereocenters. The van der Waals surface area contributed by atoms with E-state index in [2.05, 4.69) is 10.3 Å². The average Bonchev–Trinajstić information content (AvgIpc) is 2.47. The molecule has 0 aliphatic carbocycles. The molecule has 1 amide bonds. The lowest BCUT2D eigenvalue weighted by atomic mass is 10.1. The van der Waals surface area contributed by atoms with Crippen molar-refractivity contribution in [3.63, 3.8) is 0 Å². The molecule has 1 aromatic heterocycles. The molecule has 0 radical (unpaired) electrons. The molecule has 0 bridgehead atoms. The van der Waals surface area contributed by atoms with Crippen LogP contribution in [0.3, 0.4) is 0 Å². The van der Waals surface area contributed by atoms with Crippen molar-refractivity contribution in [2.24, 2.45) is 0 Å². The molecule has 2 rings (SSSR count). The molecule has 24 heavy (non-hydrogen) atoms. The number of pyridine rings is 1. The van der Waals surface area contributed by atoms with E-state index in [1.54, 1.807) is 19.9 Å². The van der Waals surface area contributed by atoms with Crippen molar-refractivity contribution in [2.75, 3.05) is 11.9 Å². The maximum atomic E-state index is 13.4. The molecule has 0 atom stereocenters. The van der Waals surface area contributed by atoms with Crippen LogP contribution < -0.4 is 5.32 Å². The number of aromatic nitrogens is 1. The van der Waals surface area contributed by atoms with Gasteiger partial charge in [-0.25, -0.2) is 18.6 Å². The SMILES string of the molecule is Cc1cc(C)c(C(=O)OCC(=O)Nc2ccc(F)cc2F)c(Cl)n1. The van der Waals surface area contributed by atoms with Gasteiger partial charge in [-0.15, -0.1) is 0 Å². The summed E-state index contributed by atoms with van der Waals surface area (Å²) in [6.45, 7) is 2.73. The van der Waals surface area contributed by atoms with Crippen LogP contribution in [0.15, 0.2) is 24.3 Å². The molecule has 0 fully saturated rings. The Kier molecular flexibility index (Phi) is 5.46. The molecule has 1 heterocycles. The zero-order valence-electron chi connectivity index (χ0n) is 12.8. The lowest BCUT2D eigenvalue weighted by molar-refractivity contribution is -0.119. The predicted molar refractivity (Wildman–Crippen MR) is 84.0 cm³/mol. The van der Waals surface area contributed by atoms with Gasteiger partial charge >= 0.3 is 5.97 Å². The number of ether oxygens (including phenoxy) is 1. The summed E-state index contributed by atoms with van der Waals surface area (Å²) in [6.07, 6.45) is 0. The van der Waals surface area contributed by atoms with Gasteiger partial charge in [-0.1, -0.05) is 11.6 Å². The average molecular weight is 355 g/mol. The van der Waals surface area contributed by atoms with Crippen LogP contribution in [0.25, 0.3) is 0 Å². The van der Waals surface area contributed by atoms with Gasteiger partial charge in [-0.2, -0.15) is 0 Å². The van der Waals surface area contributed by atoms with E-state index in [9.17, 15) is 18.4 Å². The van der Waals surface area contributed by atoms with Crippen LogP contribution in [0, 0.1) is 25.5 Å². The maximum Gasteiger partial charge on any atom is 0.342 e. The fourth-order valence-electron chi connectivity index (χ4n) is 2.02. The third kappa shape index (κ3) is 4.26. The minimum atomic E-state index is -0.934. The van der Waals surface area contributed by atoms with Crippen molar-refractivity contribution in [1.82, 2.24) is 4.98 Å². The first-order valence-electron chi connectivity index (χ1n) is 6.83. The second-order valence-corrected chi connectivity index (χ2v) is 5.35. The summed E-state index contributed by atoms with van der Waals surface area (Å²) in [4.78, 5) is 27.7. The lowest BCUT2D eigenvalue weighted by Crippen LogP contribution is -2.22. The van der Waals surface area contributed by atoms with Gasteiger partial charge in [0, 0.05) is 11.8 Å². The first-order valence-corrected chi connectivity index (χ1v) is 7.21. The first-order chi connectivity index (χ1) is 11.3. The highest BCUT2D eigenvalue weighted by molar-refractivity contribution is 6.32. The summed E-state index contributed by atoms with van der Waals surface area (Å²) in [7, 11) is 0. The Hall–Kier alpha value is -2.54. The topological polar surface area (TPSA) is 68.3 Å². The smallest absolute Gasteiger partial charge is 0.342 e. The van der Waals surface area contributed by atoms with Crippen molar-refractivity contribution < 1.29 is 23.1 Å². The van der Waals surface area contributed by atoms with E-state index >= 15 is 0 Å². The highest BCUT2D eigenvalue weighted by Gasteiger charge is 2.18. The van der Waals surface area contributed by atoms with E-state index in [-0.39, 0.29) is 16.4 Å². The third-order valence-electron chi connectivity index (χ3n) is 3.04. The number of benzene rings is 1. The van der Waals surface area contributed by atoms with Crippen LogP contribution in [-0.2, 0) is 9.53 Å². The normalized spacial score (nSPS) is 10.4. The maximum absolute atomic E-state index is 13.4. The van der Waals surface area contributed by atoms with Gasteiger partial charge in [0.2, 0.25) is 0 Å². The van der Waals surface area contributed by atoms with Crippen LogP contribution >= 0.6 is 11.6 Å². The minimum absolute atomic E-state index is 0.0255. The third-order valence-corrected chi connectivity index (χ3v) is 3.32. The molecule has 0 spiro atoms. The van der Waals surface area contributed by atoms with Gasteiger partial charge in [0.15, 0.2) is 6.61 Å². The molecule has 2 aromatic rings. The van der Waals surface area contributed by atoms with E-state index in [4.69, 9.17) is 16.3 Å². The standard InChI is InChI=1S/C16H13ClF2N2O3/c1-8-5-9(2)20-15(17)14(8)16(23)24-7-13(22)21-12-4-3-10(18)6-11(12)19/h3-6H,7H2,1-2H3,(H,21,22). The molecular formula is C16H13ClF2N2O3. The molecule has 0 aliphatic rings. The Morgan fingerprint density at radius 3 is 2.58 bits per heavy atom. The molecular weight excluding hydrogens is 342 g/mol. The van der Waals surface area contributed by atoms with E-state index < -0.39 is 30.1 Å². The van der Waals surface area contributed by atoms with Gasteiger partial charge in [0.05, 0.1) is 11.3 Å². The largest absolute Gasteiger partial charge is 0.452 e. The molecule has 126 valence electrons. The fourth-order valence-corrected chi connectivity index (χ4v) is 2.38. The summed E-state index contributed by atoms with van der Waals surface area (Å²) in [5.74, 6) is -3.30.